The van der Waals surface area contributed by atoms with Crippen LogP contribution in [0.15, 0.2) is 0 Å². The van der Waals surface area contributed by atoms with Crippen molar-refractivity contribution in [3.8, 4) is 0 Å². The fourth-order valence-electron chi connectivity index (χ4n) is 1.90. The van der Waals surface area contributed by atoms with Crippen LogP contribution in [0.5, 0.6) is 0 Å². The number of aliphatic hydroxyl groups excluding tert-OH is 1. The topological polar surface area (TPSA) is 85.2 Å². The SMILES string of the molecule is CC1(C)O[C@H]2O[C@H]([C@H](O)C(=O)O)C[C@@H]2O1. The lowest BCUT2D eigenvalue weighted by Gasteiger charge is -2.21. The third kappa shape index (κ3) is 1.98. The van der Waals surface area contributed by atoms with E-state index in [1.807, 2.05) is 0 Å². The van der Waals surface area contributed by atoms with Gasteiger partial charge < -0.3 is 24.4 Å². The van der Waals surface area contributed by atoms with Crippen LogP contribution in [0.2, 0.25) is 0 Å². The number of ether oxygens (including phenoxy) is 3. The van der Waals surface area contributed by atoms with E-state index < -0.39 is 30.3 Å². The first-order chi connectivity index (χ1) is 6.89. The normalized spacial score (nSPS) is 40.1. The second-order valence-corrected chi connectivity index (χ2v) is 4.24. The van der Waals surface area contributed by atoms with Gasteiger partial charge in [0.25, 0.3) is 0 Å². The highest BCUT2D eigenvalue weighted by Crippen LogP contribution is 2.37. The molecule has 6 heteroatoms. The van der Waals surface area contributed by atoms with E-state index in [1.165, 1.54) is 0 Å². The maximum Gasteiger partial charge on any atom is 0.335 e. The van der Waals surface area contributed by atoms with Crippen LogP contribution in [0.25, 0.3) is 0 Å². The Morgan fingerprint density at radius 2 is 2.13 bits per heavy atom. The Labute approximate surface area is 86.7 Å². The maximum atomic E-state index is 10.5. The second kappa shape index (κ2) is 3.41. The van der Waals surface area contributed by atoms with Gasteiger partial charge in [0, 0.05) is 6.42 Å². The summed E-state index contributed by atoms with van der Waals surface area (Å²) in [6, 6.07) is 0. The van der Waals surface area contributed by atoms with Crippen molar-refractivity contribution in [2.75, 3.05) is 0 Å². The number of hydrogen-bond acceptors (Lipinski definition) is 5. The molecule has 0 amide bonds. The summed E-state index contributed by atoms with van der Waals surface area (Å²) >= 11 is 0. The highest BCUT2D eigenvalue weighted by atomic mass is 16.8. The van der Waals surface area contributed by atoms with Crippen molar-refractivity contribution in [1.82, 2.24) is 0 Å². The van der Waals surface area contributed by atoms with Gasteiger partial charge in [0.05, 0.1) is 0 Å². The number of aliphatic hydroxyl groups is 1. The van der Waals surface area contributed by atoms with Crippen LogP contribution in [0.4, 0.5) is 0 Å². The zero-order valence-electron chi connectivity index (χ0n) is 8.54. The molecule has 2 fully saturated rings. The van der Waals surface area contributed by atoms with Crippen molar-refractivity contribution in [3.05, 3.63) is 0 Å². The van der Waals surface area contributed by atoms with E-state index in [-0.39, 0.29) is 6.10 Å². The lowest BCUT2D eigenvalue weighted by Crippen LogP contribution is -2.35. The number of carboxylic acid groups (broad SMARTS) is 1. The minimum Gasteiger partial charge on any atom is -0.479 e. The first kappa shape index (κ1) is 10.8. The molecule has 0 aromatic rings. The highest BCUT2D eigenvalue weighted by Gasteiger charge is 2.51. The second-order valence-electron chi connectivity index (χ2n) is 4.24. The molecule has 0 unspecified atom stereocenters. The molecule has 0 aliphatic carbocycles. The van der Waals surface area contributed by atoms with Gasteiger partial charge in [-0.2, -0.15) is 0 Å². The Hall–Kier alpha value is -0.690. The van der Waals surface area contributed by atoms with Crippen LogP contribution >= 0.6 is 0 Å². The summed E-state index contributed by atoms with van der Waals surface area (Å²) in [6.45, 7) is 3.52. The molecule has 2 heterocycles. The lowest BCUT2D eigenvalue weighted by atomic mass is 10.1. The number of fused-ring (bicyclic) bond motifs is 1. The monoisotopic (exact) mass is 218 g/mol. The Morgan fingerprint density at radius 1 is 1.47 bits per heavy atom. The molecule has 2 saturated heterocycles. The molecule has 2 rings (SSSR count). The van der Waals surface area contributed by atoms with E-state index in [4.69, 9.17) is 19.3 Å². The number of aliphatic carboxylic acids is 1. The number of rotatable bonds is 2. The molecule has 2 aliphatic rings. The molecule has 0 aromatic heterocycles. The summed E-state index contributed by atoms with van der Waals surface area (Å²) in [5, 5.41) is 17.9. The van der Waals surface area contributed by atoms with E-state index in [2.05, 4.69) is 0 Å². The van der Waals surface area contributed by atoms with Gasteiger partial charge in [-0.3, -0.25) is 0 Å². The van der Waals surface area contributed by atoms with E-state index >= 15 is 0 Å². The predicted octanol–water partition coefficient (Wildman–Crippen LogP) is -0.302. The average Bonchev–Trinajstić information content (AvgIpc) is 2.55. The summed E-state index contributed by atoms with van der Waals surface area (Å²) in [5.74, 6) is -1.99. The van der Waals surface area contributed by atoms with E-state index in [0.29, 0.717) is 6.42 Å². The van der Waals surface area contributed by atoms with Gasteiger partial charge in [0.1, 0.15) is 12.2 Å². The van der Waals surface area contributed by atoms with Gasteiger partial charge >= 0.3 is 5.97 Å². The molecule has 4 atom stereocenters. The fraction of sp³-hybridized carbons (Fsp3) is 0.889. The van der Waals surface area contributed by atoms with Gasteiger partial charge in [0.2, 0.25) is 0 Å². The summed E-state index contributed by atoms with van der Waals surface area (Å²) in [7, 11) is 0. The van der Waals surface area contributed by atoms with Crippen LogP contribution in [0.1, 0.15) is 20.3 Å². The maximum absolute atomic E-state index is 10.5. The molecule has 2 aliphatic heterocycles. The molecular formula is C9H14O6. The van der Waals surface area contributed by atoms with Crippen LogP contribution in [0.3, 0.4) is 0 Å². The van der Waals surface area contributed by atoms with Crippen molar-refractivity contribution in [3.63, 3.8) is 0 Å². The Kier molecular flexibility index (Phi) is 2.46. The molecule has 0 saturated carbocycles. The number of carboxylic acids is 1. The molecule has 15 heavy (non-hydrogen) atoms. The molecule has 0 radical (unpaired) electrons. The predicted molar refractivity (Wildman–Crippen MR) is 47.0 cm³/mol. The van der Waals surface area contributed by atoms with Gasteiger partial charge in [-0.25, -0.2) is 4.79 Å². The van der Waals surface area contributed by atoms with Gasteiger partial charge in [-0.15, -0.1) is 0 Å². The minimum absolute atomic E-state index is 0.293. The number of hydrogen-bond donors (Lipinski definition) is 2. The molecule has 86 valence electrons. The van der Waals surface area contributed by atoms with Crippen LogP contribution in [0, 0.1) is 0 Å². The van der Waals surface area contributed by atoms with Crippen molar-refractivity contribution < 1.29 is 29.2 Å². The van der Waals surface area contributed by atoms with E-state index in [1.54, 1.807) is 13.8 Å². The summed E-state index contributed by atoms with van der Waals surface area (Å²) < 4.78 is 16.1. The molecule has 0 spiro atoms. The Balaban J connectivity index is 1.97. The van der Waals surface area contributed by atoms with Crippen molar-refractivity contribution in [2.45, 2.75) is 50.7 Å². The Morgan fingerprint density at radius 3 is 2.67 bits per heavy atom. The zero-order valence-corrected chi connectivity index (χ0v) is 8.54. The standard InChI is InChI=1S/C9H14O6/c1-9(2)14-5-3-4(6(10)7(11)12)13-8(5)15-9/h4-6,8,10H,3H2,1-2H3,(H,11,12)/t4-,5-,6-,8+/m0/s1. The molecule has 6 nitrogen and oxygen atoms in total. The third-order valence-corrected chi connectivity index (χ3v) is 2.52. The number of carbonyl (C=O) groups is 1. The van der Waals surface area contributed by atoms with Crippen molar-refractivity contribution in [1.29, 1.82) is 0 Å². The summed E-state index contributed by atoms with van der Waals surface area (Å²) in [5.41, 5.74) is 0. The molecule has 2 N–H and O–H groups in total. The highest BCUT2D eigenvalue weighted by molar-refractivity contribution is 5.72. The zero-order chi connectivity index (χ0) is 11.2. The molecule has 0 bridgehead atoms. The summed E-state index contributed by atoms with van der Waals surface area (Å²) in [6.07, 6.45) is -2.81. The van der Waals surface area contributed by atoms with Gasteiger partial charge in [-0.1, -0.05) is 0 Å². The van der Waals surface area contributed by atoms with E-state index in [0.717, 1.165) is 0 Å². The van der Waals surface area contributed by atoms with Gasteiger partial charge in [-0.05, 0) is 13.8 Å². The Bertz CT molecular complexity index is 260. The van der Waals surface area contributed by atoms with E-state index in [9.17, 15) is 9.90 Å². The first-order valence-corrected chi connectivity index (χ1v) is 4.81. The largest absolute Gasteiger partial charge is 0.479 e. The van der Waals surface area contributed by atoms with Crippen LogP contribution in [-0.2, 0) is 19.0 Å². The fourth-order valence-corrected chi connectivity index (χ4v) is 1.90. The van der Waals surface area contributed by atoms with Gasteiger partial charge in [0.15, 0.2) is 18.2 Å². The average molecular weight is 218 g/mol. The quantitative estimate of drug-likeness (QED) is 0.661. The van der Waals surface area contributed by atoms with Crippen molar-refractivity contribution >= 4 is 5.97 Å². The van der Waals surface area contributed by atoms with Crippen molar-refractivity contribution in [2.24, 2.45) is 0 Å². The first-order valence-electron chi connectivity index (χ1n) is 4.81. The summed E-state index contributed by atoms with van der Waals surface area (Å²) in [4.78, 5) is 10.5. The molecule has 0 aromatic carbocycles. The van der Waals surface area contributed by atoms with Crippen LogP contribution < -0.4 is 0 Å². The third-order valence-electron chi connectivity index (χ3n) is 2.52. The van der Waals surface area contributed by atoms with Crippen LogP contribution in [-0.4, -0.2) is 46.6 Å². The smallest absolute Gasteiger partial charge is 0.335 e. The lowest BCUT2D eigenvalue weighted by molar-refractivity contribution is -0.215. The molecular weight excluding hydrogens is 204 g/mol. The minimum atomic E-state index is -1.52.